The third-order valence-electron chi connectivity index (χ3n) is 3.34. The van der Waals surface area contributed by atoms with E-state index < -0.39 is 0 Å². The molecule has 6 heteroatoms. The van der Waals surface area contributed by atoms with Crippen LogP contribution in [0.2, 0.25) is 5.02 Å². The summed E-state index contributed by atoms with van der Waals surface area (Å²) in [4.78, 5) is 10.1. The van der Waals surface area contributed by atoms with Gasteiger partial charge in [0.2, 0.25) is 5.13 Å². The van der Waals surface area contributed by atoms with E-state index in [4.69, 9.17) is 16.6 Å². The quantitative estimate of drug-likeness (QED) is 0.484. The largest absolute Gasteiger partial charge is 0.255 e. The van der Waals surface area contributed by atoms with Gasteiger partial charge in [-0.1, -0.05) is 54.5 Å². The topological polar surface area (TPSA) is 50.2 Å². The second-order valence-corrected chi connectivity index (χ2v) is 6.69. The van der Waals surface area contributed by atoms with Crippen molar-refractivity contribution in [3.8, 4) is 11.3 Å². The lowest BCUT2D eigenvalue weighted by Gasteiger charge is -2.01. The van der Waals surface area contributed by atoms with Crippen LogP contribution < -0.4 is 5.43 Å². The first-order valence-electron chi connectivity index (χ1n) is 7.72. The number of hydrazone groups is 1. The summed E-state index contributed by atoms with van der Waals surface area (Å²) in [6.45, 7) is 2.16. The molecular weight excluding hydrogens is 340 g/mol. The highest BCUT2D eigenvalue weighted by molar-refractivity contribution is 7.16. The molecule has 1 N–H and O–H groups in total. The number of nitrogens with one attached hydrogen (secondary N) is 1. The maximum absolute atomic E-state index is 5.98. The van der Waals surface area contributed by atoms with Crippen molar-refractivity contribution in [2.24, 2.45) is 5.10 Å². The van der Waals surface area contributed by atoms with E-state index >= 15 is 0 Å². The van der Waals surface area contributed by atoms with E-state index in [2.05, 4.69) is 22.4 Å². The molecule has 4 nitrogen and oxygen atoms in total. The molecule has 0 aliphatic heterocycles. The summed E-state index contributed by atoms with van der Waals surface area (Å²) in [6, 6.07) is 13.5. The number of anilines is 1. The second kappa shape index (κ2) is 8.04. The van der Waals surface area contributed by atoms with Gasteiger partial charge in [-0.3, -0.25) is 10.4 Å². The van der Waals surface area contributed by atoms with Crippen molar-refractivity contribution >= 4 is 34.3 Å². The molecule has 0 saturated carbocycles. The van der Waals surface area contributed by atoms with Crippen molar-refractivity contribution in [3.63, 3.8) is 0 Å². The minimum Gasteiger partial charge on any atom is -0.255 e. The van der Waals surface area contributed by atoms with Crippen molar-refractivity contribution in [2.45, 2.75) is 19.8 Å². The highest BCUT2D eigenvalue weighted by Gasteiger charge is 2.12. The van der Waals surface area contributed by atoms with Gasteiger partial charge < -0.3 is 0 Å². The first-order chi connectivity index (χ1) is 11.8. The van der Waals surface area contributed by atoms with Gasteiger partial charge in [0.15, 0.2) is 0 Å². The van der Waals surface area contributed by atoms with E-state index in [-0.39, 0.29) is 0 Å². The lowest BCUT2D eigenvalue weighted by atomic mass is 10.1. The lowest BCUT2D eigenvalue weighted by Crippen LogP contribution is -1.91. The molecule has 0 radical (unpaired) electrons. The predicted octanol–water partition coefficient (Wildman–Crippen LogP) is 5.26. The summed E-state index contributed by atoms with van der Waals surface area (Å²) in [7, 11) is 0. The summed E-state index contributed by atoms with van der Waals surface area (Å²) >= 11 is 7.61. The average Bonchev–Trinajstić information content (AvgIpc) is 3.00. The average molecular weight is 357 g/mol. The Bertz CT molecular complexity index is 813. The number of pyridine rings is 1. The number of thiazole rings is 1. The highest BCUT2D eigenvalue weighted by Crippen LogP contribution is 2.32. The van der Waals surface area contributed by atoms with Gasteiger partial charge in [-0.15, -0.1) is 0 Å². The molecule has 0 spiro atoms. The Hall–Kier alpha value is -2.24. The summed E-state index contributed by atoms with van der Waals surface area (Å²) in [5.74, 6) is 0. The van der Waals surface area contributed by atoms with Gasteiger partial charge in [0.25, 0.3) is 0 Å². The van der Waals surface area contributed by atoms with Gasteiger partial charge in [-0.05, 0) is 30.7 Å². The predicted molar refractivity (Wildman–Crippen MR) is 102 cm³/mol. The molecule has 2 heterocycles. The molecule has 0 fully saturated rings. The standard InChI is InChI=1S/C18H17ClN4S/c1-2-5-16-17(13-7-9-14(19)10-8-13)22-18(24-16)23-21-12-15-6-3-4-11-20-15/h3-4,6-12H,2,5H2,1H3,(H,22,23). The van der Waals surface area contributed by atoms with Crippen LogP contribution in [-0.4, -0.2) is 16.2 Å². The van der Waals surface area contributed by atoms with Gasteiger partial charge in [0.1, 0.15) is 0 Å². The van der Waals surface area contributed by atoms with Crippen molar-refractivity contribution in [3.05, 3.63) is 64.3 Å². The monoisotopic (exact) mass is 356 g/mol. The number of benzene rings is 1. The molecule has 0 bridgehead atoms. The second-order valence-electron chi connectivity index (χ2n) is 5.17. The molecule has 0 aliphatic carbocycles. The smallest absolute Gasteiger partial charge is 0.204 e. The molecule has 3 rings (SSSR count). The fourth-order valence-electron chi connectivity index (χ4n) is 2.24. The number of halogens is 1. The van der Waals surface area contributed by atoms with Gasteiger partial charge in [-0.2, -0.15) is 5.10 Å². The van der Waals surface area contributed by atoms with Gasteiger partial charge in [0.05, 0.1) is 17.6 Å². The van der Waals surface area contributed by atoms with Gasteiger partial charge in [-0.25, -0.2) is 4.98 Å². The Morgan fingerprint density at radius 1 is 1.21 bits per heavy atom. The first kappa shape index (κ1) is 16.6. The van der Waals surface area contributed by atoms with Gasteiger partial charge in [0, 0.05) is 21.7 Å². The fourth-order valence-corrected chi connectivity index (χ4v) is 3.40. The maximum atomic E-state index is 5.98. The Balaban J connectivity index is 1.80. The zero-order valence-corrected chi connectivity index (χ0v) is 14.8. The SMILES string of the molecule is CCCc1sc(NN=Cc2ccccn2)nc1-c1ccc(Cl)cc1. The van der Waals surface area contributed by atoms with Crippen LogP contribution in [0, 0.1) is 0 Å². The molecule has 2 aromatic heterocycles. The molecule has 1 aromatic carbocycles. The van der Waals surface area contributed by atoms with E-state index in [1.54, 1.807) is 23.7 Å². The Morgan fingerprint density at radius 3 is 2.75 bits per heavy atom. The Morgan fingerprint density at radius 2 is 2.04 bits per heavy atom. The molecule has 0 atom stereocenters. The molecule has 3 aromatic rings. The Kier molecular flexibility index (Phi) is 5.56. The third-order valence-corrected chi connectivity index (χ3v) is 4.61. The molecule has 122 valence electrons. The number of aryl methyl sites for hydroxylation is 1. The number of nitrogens with zero attached hydrogens (tertiary/aromatic N) is 3. The number of aromatic nitrogens is 2. The summed E-state index contributed by atoms with van der Waals surface area (Å²) in [6.07, 6.45) is 5.48. The molecule has 0 aliphatic rings. The third kappa shape index (κ3) is 4.19. The zero-order valence-electron chi connectivity index (χ0n) is 13.2. The molecular formula is C18H17ClN4S. The van der Waals surface area contributed by atoms with Crippen LogP contribution in [0.15, 0.2) is 53.8 Å². The van der Waals surface area contributed by atoms with Crippen LogP contribution in [0.5, 0.6) is 0 Å². The van der Waals surface area contributed by atoms with E-state index in [0.717, 1.165) is 39.9 Å². The van der Waals surface area contributed by atoms with E-state index in [0.29, 0.717) is 0 Å². The summed E-state index contributed by atoms with van der Waals surface area (Å²) in [5.41, 5.74) is 5.87. The van der Waals surface area contributed by atoms with Crippen LogP contribution in [0.25, 0.3) is 11.3 Å². The van der Waals surface area contributed by atoms with Crippen LogP contribution in [0.3, 0.4) is 0 Å². The number of rotatable bonds is 6. The molecule has 0 saturated heterocycles. The number of hydrogen-bond acceptors (Lipinski definition) is 5. The van der Waals surface area contributed by atoms with Crippen molar-refractivity contribution in [1.82, 2.24) is 9.97 Å². The van der Waals surface area contributed by atoms with Crippen molar-refractivity contribution in [2.75, 3.05) is 5.43 Å². The molecule has 0 amide bonds. The number of hydrogen-bond donors (Lipinski definition) is 1. The molecule has 0 unspecified atom stereocenters. The summed E-state index contributed by atoms with van der Waals surface area (Å²) in [5, 5.41) is 5.72. The Labute approximate surface area is 150 Å². The van der Waals surface area contributed by atoms with E-state index in [9.17, 15) is 0 Å². The minimum absolute atomic E-state index is 0.726. The normalized spacial score (nSPS) is 11.1. The van der Waals surface area contributed by atoms with Crippen LogP contribution in [0.1, 0.15) is 23.9 Å². The minimum atomic E-state index is 0.726. The van der Waals surface area contributed by atoms with Gasteiger partial charge >= 0.3 is 0 Å². The van der Waals surface area contributed by atoms with Crippen LogP contribution in [-0.2, 0) is 6.42 Å². The lowest BCUT2D eigenvalue weighted by molar-refractivity contribution is 0.938. The first-order valence-corrected chi connectivity index (χ1v) is 8.91. The highest BCUT2D eigenvalue weighted by atomic mass is 35.5. The van der Waals surface area contributed by atoms with Crippen LogP contribution in [0.4, 0.5) is 5.13 Å². The molecule has 24 heavy (non-hydrogen) atoms. The van der Waals surface area contributed by atoms with E-state index in [1.165, 1.54) is 4.88 Å². The maximum Gasteiger partial charge on any atom is 0.204 e. The van der Waals surface area contributed by atoms with E-state index in [1.807, 2.05) is 42.5 Å². The summed E-state index contributed by atoms with van der Waals surface area (Å²) < 4.78 is 0. The van der Waals surface area contributed by atoms with Crippen molar-refractivity contribution in [1.29, 1.82) is 0 Å². The zero-order chi connectivity index (χ0) is 16.8. The van der Waals surface area contributed by atoms with Crippen molar-refractivity contribution < 1.29 is 0 Å². The van der Waals surface area contributed by atoms with Crippen LogP contribution >= 0.6 is 22.9 Å². The fraction of sp³-hybridized carbons (Fsp3) is 0.167.